The highest BCUT2D eigenvalue weighted by molar-refractivity contribution is 6.00. The van der Waals surface area contributed by atoms with E-state index in [0.29, 0.717) is 18.8 Å². The molecule has 0 aliphatic carbocycles. The molecule has 0 bridgehead atoms. The number of hydrogen-bond acceptors (Lipinski definition) is 5. The molecule has 0 amide bonds. The van der Waals surface area contributed by atoms with Crippen molar-refractivity contribution in [2.45, 2.75) is 39.7 Å². The van der Waals surface area contributed by atoms with Gasteiger partial charge in [-0.3, -0.25) is 0 Å². The Morgan fingerprint density at radius 2 is 1.72 bits per heavy atom. The fourth-order valence-corrected chi connectivity index (χ4v) is 2.61. The Hall–Kier alpha value is -2.63. The Kier molecular flexibility index (Phi) is 6.33. The van der Waals surface area contributed by atoms with Gasteiger partial charge in [0.25, 0.3) is 0 Å². The summed E-state index contributed by atoms with van der Waals surface area (Å²) in [4.78, 5) is 28.8. The van der Waals surface area contributed by atoms with Crippen molar-refractivity contribution >= 4 is 11.9 Å². The monoisotopic (exact) mass is 344 g/mol. The van der Waals surface area contributed by atoms with Crippen LogP contribution in [0.1, 0.15) is 57.7 Å². The van der Waals surface area contributed by atoms with E-state index in [1.165, 1.54) is 14.2 Å². The Labute approximate surface area is 147 Å². The third-order valence-corrected chi connectivity index (χ3v) is 4.02. The predicted octanol–water partition coefficient (Wildman–Crippen LogP) is 3.16. The van der Waals surface area contributed by atoms with Crippen LogP contribution in [0.25, 0.3) is 0 Å². The molecule has 0 aliphatic heterocycles. The smallest absolute Gasteiger partial charge is 0.359 e. The van der Waals surface area contributed by atoms with Crippen molar-refractivity contribution in [1.29, 1.82) is 0 Å². The van der Waals surface area contributed by atoms with Crippen LogP contribution in [0.2, 0.25) is 0 Å². The van der Waals surface area contributed by atoms with Crippen LogP contribution in [0.4, 0.5) is 0 Å². The first-order valence-electron chi connectivity index (χ1n) is 8.33. The van der Waals surface area contributed by atoms with E-state index in [0.717, 1.165) is 24.0 Å². The second-order valence-corrected chi connectivity index (χ2v) is 5.88. The van der Waals surface area contributed by atoms with E-state index in [2.05, 4.69) is 11.9 Å². The molecule has 0 N–H and O–H groups in total. The SMILES string of the molecule is CCCCc1nc(C(=O)OC)c(C(=O)OC)n1Cc1ccc(C)cc1. The average molecular weight is 344 g/mol. The molecular formula is C19H24N2O4. The number of aromatic nitrogens is 2. The maximum atomic E-state index is 12.3. The lowest BCUT2D eigenvalue weighted by Gasteiger charge is -2.11. The van der Waals surface area contributed by atoms with Crippen molar-refractivity contribution < 1.29 is 19.1 Å². The number of carbonyl (C=O) groups is 2. The first-order chi connectivity index (χ1) is 12.0. The summed E-state index contributed by atoms with van der Waals surface area (Å²) >= 11 is 0. The van der Waals surface area contributed by atoms with E-state index in [4.69, 9.17) is 9.47 Å². The van der Waals surface area contributed by atoms with Gasteiger partial charge in [-0.05, 0) is 18.9 Å². The summed E-state index contributed by atoms with van der Waals surface area (Å²) in [6, 6.07) is 8.02. The third-order valence-electron chi connectivity index (χ3n) is 4.02. The minimum absolute atomic E-state index is 0.00700. The number of benzene rings is 1. The van der Waals surface area contributed by atoms with Crippen LogP contribution in [-0.2, 0) is 22.4 Å². The van der Waals surface area contributed by atoms with Gasteiger partial charge in [-0.2, -0.15) is 0 Å². The van der Waals surface area contributed by atoms with E-state index in [1.54, 1.807) is 4.57 Å². The quantitative estimate of drug-likeness (QED) is 0.722. The van der Waals surface area contributed by atoms with Gasteiger partial charge in [0.15, 0.2) is 11.4 Å². The maximum absolute atomic E-state index is 12.3. The highest BCUT2D eigenvalue weighted by atomic mass is 16.5. The molecule has 0 spiro atoms. The number of ether oxygens (including phenoxy) is 2. The van der Waals surface area contributed by atoms with Gasteiger partial charge in [0, 0.05) is 13.0 Å². The number of aryl methyl sites for hydroxylation is 2. The van der Waals surface area contributed by atoms with Crippen LogP contribution in [-0.4, -0.2) is 35.7 Å². The van der Waals surface area contributed by atoms with Gasteiger partial charge in [0.05, 0.1) is 14.2 Å². The largest absolute Gasteiger partial charge is 0.464 e. The fourth-order valence-electron chi connectivity index (χ4n) is 2.61. The van der Waals surface area contributed by atoms with Crippen molar-refractivity contribution in [3.05, 3.63) is 52.6 Å². The number of methoxy groups -OCH3 is 2. The summed E-state index contributed by atoms with van der Waals surface area (Å²) in [5.41, 5.74) is 2.32. The van der Waals surface area contributed by atoms with Crippen LogP contribution in [0.15, 0.2) is 24.3 Å². The summed E-state index contributed by atoms with van der Waals surface area (Å²) in [5, 5.41) is 0. The van der Waals surface area contributed by atoms with Gasteiger partial charge < -0.3 is 14.0 Å². The first-order valence-corrected chi connectivity index (χ1v) is 8.33. The fraction of sp³-hybridized carbons (Fsp3) is 0.421. The maximum Gasteiger partial charge on any atom is 0.359 e. The highest BCUT2D eigenvalue weighted by Crippen LogP contribution is 2.19. The molecule has 0 atom stereocenters. The van der Waals surface area contributed by atoms with Crippen LogP contribution in [0, 0.1) is 6.92 Å². The van der Waals surface area contributed by atoms with Crippen molar-refractivity contribution in [1.82, 2.24) is 9.55 Å². The van der Waals surface area contributed by atoms with Gasteiger partial charge in [-0.15, -0.1) is 0 Å². The number of nitrogens with zero attached hydrogens (tertiary/aromatic N) is 2. The van der Waals surface area contributed by atoms with Crippen molar-refractivity contribution in [3.63, 3.8) is 0 Å². The molecule has 0 aliphatic rings. The Balaban J connectivity index is 2.54. The molecule has 0 fully saturated rings. The van der Waals surface area contributed by atoms with Gasteiger partial charge >= 0.3 is 11.9 Å². The molecule has 0 unspecified atom stereocenters. The predicted molar refractivity (Wildman–Crippen MR) is 93.8 cm³/mol. The Morgan fingerprint density at radius 3 is 2.28 bits per heavy atom. The lowest BCUT2D eigenvalue weighted by molar-refractivity contribution is 0.0544. The molecule has 134 valence electrons. The molecule has 25 heavy (non-hydrogen) atoms. The zero-order chi connectivity index (χ0) is 18.4. The molecule has 1 aromatic carbocycles. The van der Waals surface area contributed by atoms with E-state index in [9.17, 15) is 9.59 Å². The summed E-state index contributed by atoms with van der Waals surface area (Å²) in [6.45, 7) is 4.53. The van der Waals surface area contributed by atoms with Crippen molar-refractivity contribution in [2.24, 2.45) is 0 Å². The van der Waals surface area contributed by atoms with Crippen LogP contribution in [0.3, 0.4) is 0 Å². The number of hydrogen-bond donors (Lipinski definition) is 0. The topological polar surface area (TPSA) is 70.4 Å². The van der Waals surface area contributed by atoms with Crippen molar-refractivity contribution in [3.8, 4) is 0 Å². The second kappa shape index (κ2) is 8.46. The number of carbonyl (C=O) groups excluding carboxylic acids is 2. The number of imidazole rings is 1. The zero-order valence-electron chi connectivity index (χ0n) is 15.2. The molecule has 2 aromatic rings. The van der Waals surface area contributed by atoms with Gasteiger partial charge in [0.1, 0.15) is 5.82 Å². The van der Waals surface area contributed by atoms with E-state index in [-0.39, 0.29) is 11.4 Å². The number of rotatable bonds is 7. The Bertz CT molecular complexity index is 748. The zero-order valence-corrected chi connectivity index (χ0v) is 15.2. The van der Waals surface area contributed by atoms with Gasteiger partial charge in [-0.25, -0.2) is 14.6 Å². The summed E-state index contributed by atoms with van der Waals surface area (Å²) in [5.74, 6) is -0.549. The molecule has 0 saturated heterocycles. The first kappa shape index (κ1) is 18.7. The Morgan fingerprint density at radius 1 is 1.08 bits per heavy atom. The van der Waals surface area contributed by atoms with E-state index < -0.39 is 11.9 Å². The van der Waals surface area contributed by atoms with Gasteiger partial charge in [-0.1, -0.05) is 43.2 Å². The molecule has 1 heterocycles. The molecule has 0 saturated carbocycles. The normalized spacial score (nSPS) is 10.6. The highest BCUT2D eigenvalue weighted by Gasteiger charge is 2.28. The molecule has 6 heteroatoms. The minimum atomic E-state index is -0.638. The molecule has 2 rings (SSSR count). The molecule has 0 radical (unpaired) electrons. The molecule has 1 aromatic heterocycles. The van der Waals surface area contributed by atoms with Gasteiger partial charge in [0.2, 0.25) is 0 Å². The van der Waals surface area contributed by atoms with Crippen LogP contribution >= 0.6 is 0 Å². The standard InChI is InChI=1S/C19H24N2O4/c1-5-6-7-15-20-16(18(22)24-3)17(19(23)25-4)21(15)12-14-10-8-13(2)9-11-14/h8-11H,5-7,12H2,1-4H3. The molecular weight excluding hydrogens is 320 g/mol. The van der Waals surface area contributed by atoms with Crippen LogP contribution < -0.4 is 0 Å². The lowest BCUT2D eigenvalue weighted by Crippen LogP contribution is -2.17. The lowest BCUT2D eigenvalue weighted by atomic mass is 10.1. The van der Waals surface area contributed by atoms with E-state index in [1.807, 2.05) is 31.2 Å². The van der Waals surface area contributed by atoms with E-state index >= 15 is 0 Å². The average Bonchev–Trinajstić information content (AvgIpc) is 2.98. The number of unbranched alkanes of at least 4 members (excludes halogenated alkanes) is 1. The number of esters is 2. The third kappa shape index (κ3) is 4.26. The summed E-state index contributed by atoms with van der Waals surface area (Å²) in [7, 11) is 2.56. The molecule has 6 nitrogen and oxygen atoms in total. The minimum Gasteiger partial charge on any atom is -0.464 e. The summed E-state index contributed by atoms with van der Waals surface area (Å²) < 4.78 is 11.4. The van der Waals surface area contributed by atoms with Crippen LogP contribution in [0.5, 0.6) is 0 Å². The van der Waals surface area contributed by atoms with Crippen molar-refractivity contribution in [2.75, 3.05) is 14.2 Å². The second-order valence-electron chi connectivity index (χ2n) is 5.88. The summed E-state index contributed by atoms with van der Waals surface area (Å²) in [6.07, 6.45) is 2.56.